The molecular formula is C13H18ClFN3O6P. The molecule has 0 aromatic carbocycles. The van der Waals surface area contributed by atoms with Gasteiger partial charge in [-0.2, -0.15) is 4.98 Å². The van der Waals surface area contributed by atoms with Crippen LogP contribution in [0.4, 0.5) is 10.2 Å². The number of aliphatic hydroxyl groups excluding tert-OH is 1. The zero-order valence-corrected chi connectivity index (χ0v) is 15.1. The average Bonchev–Trinajstić information content (AvgIpc) is 2.85. The molecule has 2 heterocycles. The zero-order valence-electron chi connectivity index (χ0n) is 13.4. The van der Waals surface area contributed by atoms with Crippen LogP contribution in [0.2, 0.25) is 0 Å². The van der Waals surface area contributed by atoms with Crippen molar-refractivity contribution >= 4 is 25.0 Å². The van der Waals surface area contributed by atoms with Gasteiger partial charge in [-0.3, -0.25) is 9.13 Å². The first-order chi connectivity index (χ1) is 11.7. The Kier molecular flexibility index (Phi) is 6.03. The summed E-state index contributed by atoms with van der Waals surface area (Å²) >= 11 is 5.86. The first kappa shape index (κ1) is 20.0. The topological polar surface area (TPSA) is 126 Å². The molecule has 0 bridgehead atoms. The van der Waals surface area contributed by atoms with E-state index in [-0.39, 0.29) is 11.7 Å². The second kappa shape index (κ2) is 7.53. The highest BCUT2D eigenvalue weighted by molar-refractivity contribution is 7.57. The first-order valence-electron chi connectivity index (χ1n) is 7.04. The number of halogens is 2. The van der Waals surface area contributed by atoms with Gasteiger partial charge in [0.15, 0.2) is 12.4 Å². The molecule has 1 fully saturated rings. The van der Waals surface area contributed by atoms with Crippen LogP contribution in [0.25, 0.3) is 0 Å². The summed E-state index contributed by atoms with van der Waals surface area (Å²) < 4.78 is 42.5. The van der Waals surface area contributed by atoms with E-state index in [9.17, 15) is 18.9 Å². The van der Waals surface area contributed by atoms with Crippen LogP contribution in [-0.4, -0.2) is 52.6 Å². The molecule has 1 aromatic heterocycles. The monoisotopic (exact) mass is 397 g/mol. The highest BCUT2D eigenvalue weighted by Crippen LogP contribution is 2.50. The van der Waals surface area contributed by atoms with Crippen molar-refractivity contribution in [1.82, 2.24) is 9.55 Å². The Morgan fingerprint density at radius 1 is 1.60 bits per heavy atom. The van der Waals surface area contributed by atoms with Gasteiger partial charge in [0.2, 0.25) is 0 Å². The van der Waals surface area contributed by atoms with Crippen LogP contribution in [0.5, 0.6) is 0 Å². The van der Waals surface area contributed by atoms with E-state index < -0.39 is 37.4 Å². The number of hydrogen-bond acceptors (Lipinski definition) is 8. The molecular weight excluding hydrogens is 380 g/mol. The van der Waals surface area contributed by atoms with Crippen LogP contribution in [0.15, 0.2) is 29.0 Å². The summed E-state index contributed by atoms with van der Waals surface area (Å²) in [6.45, 7) is 0. The van der Waals surface area contributed by atoms with Gasteiger partial charge in [-0.15, -0.1) is 11.6 Å². The third-order valence-electron chi connectivity index (χ3n) is 3.80. The third kappa shape index (κ3) is 3.79. The number of rotatable bonds is 6. The highest BCUT2D eigenvalue weighted by atomic mass is 35.5. The van der Waals surface area contributed by atoms with E-state index in [4.69, 9.17) is 31.1 Å². The van der Waals surface area contributed by atoms with E-state index in [0.717, 1.165) is 30.7 Å². The lowest BCUT2D eigenvalue weighted by Crippen LogP contribution is -2.42. The van der Waals surface area contributed by atoms with Crippen LogP contribution < -0.4 is 11.4 Å². The predicted molar refractivity (Wildman–Crippen MR) is 88.1 cm³/mol. The summed E-state index contributed by atoms with van der Waals surface area (Å²) in [5.74, 6) is 0.587. The lowest BCUT2D eigenvalue weighted by Gasteiger charge is -2.26. The number of aliphatic hydroxyl groups is 1. The van der Waals surface area contributed by atoms with Crippen molar-refractivity contribution in [3.8, 4) is 0 Å². The molecule has 1 aliphatic rings. The highest BCUT2D eigenvalue weighted by Gasteiger charge is 2.54. The molecule has 0 radical (unpaired) electrons. The van der Waals surface area contributed by atoms with E-state index in [1.54, 1.807) is 0 Å². The maximum absolute atomic E-state index is 14.6. The van der Waals surface area contributed by atoms with Gasteiger partial charge >= 0.3 is 13.3 Å². The fraction of sp³-hybridized carbons (Fsp3) is 0.538. The van der Waals surface area contributed by atoms with Crippen molar-refractivity contribution in [1.29, 1.82) is 0 Å². The number of nitrogens with zero attached hydrogens (tertiary/aromatic N) is 2. The Balaban J connectivity index is 2.40. The summed E-state index contributed by atoms with van der Waals surface area (Å²) in [5.41, 5.74) is 2.79. The van der Waals surface area contributed by atoms with Crippen LogP contribution >= 0.6 is 19.2 Å². The maximum Gasteiger partial charge on any atom is 0.353 e. The molecule has 1 aromatic rings. The lowest BCUT2D eigenvalue weighted by molar-refractivity contribution is -0.0608. The molecule has 12 heteroatoms. The standard InChI is InChI=1S/C13H18ClFN3O6P/c1-22-25(21,23-2)6-4-13(7-14)10(19)9(15)11(24-13)18-5-3-8(16)17-12(18)20/h3-6,9-11,19H,7H2,1-2H3,(H2,16,17,20). The van der Waals surface area contributed by atoms with E-state index in [1.807, 2.05) is 0 Å². The van der Waals surface area contributed by atoms with Crippen LogP contribution in [-0.2, 0) is 18.3 Å². The molecule has 4 atom stereocenters. The molecule has 0 amide bonds. The molecule has 1 saturated heterocycles. The smallest absolute Gasteiger partial charge is 0.353 e. The van der Waals surface area contributed by atoms with Crippen molar-refractivity contribution in [3.63, 3.8) is 0 Å². The maximum atomic E-state index is 14.6. The van der Waals surface area contributed by atoms with Crippen molar-refractivity contribution in [2.45, 2.75) is 24.1 Å². The quantitative estimate of drug-likeness (QED) is 0.538. The van der Waals surface area contributed by atoms with E-state index in [0.29, 0.717) is 0 Å². The van der Waals surface area contributed by atoms with Crippen molar-refractivity contribution in [3.05, 3.63) is 34.6 Å². The molecule has 1 aliphatic heterocycles. The molecule has 140 valence electrons. The third-order valence-corrected chi connectivity index (χ3v) is 5.75. The Hall–Kier alpha value is -1.29. The molecule has 0 saturated carbocycles. The van der Waals surface area contributed by atoms with Crippen molar-refractivity contribution in [2.24, 2.45) is 0 Å². The SMILES string of the molecule is COP(=O)(C=CC1(CCl)OC(n2ccc(N)nc2=O)C(F)C1O)OC. The van der Waals surface area contributed by atoms with Gasteiger partial charge in [-0.05, 0) is 12.1 Å². The molecule has 0 spiro atoms. The number of nitrogen functional groups attached to an aromatic ring is 1. The lowest BCUT2D eigenvalue weighted by atomic mass is 9.98. The van der Waals surface area contributed by atoms with E-state index in [1.165, 1.54) is 12.3 Å². The second-order valence-corrected chi connectivity index (χ2v) is 7.62. The molecule has 0 aliphatic carbocycles. The van der Waals surface area contributed by atoms with Crippen LogP contribution in [0.1, 0.15) is 6.23 Å². The number of alkyl halides is 2. The minimum absolute atomic E-state index is 0.0418. The van der Waals surface area contributed by atoms with Gasteiger partial charge in [0, 0.05) is 26.2 Å². The van der Waals surface area contributed by atoms with Gasteiger partial charge in [-0.1, -0.05) is 0 Å². The normalized spacial score (nSPS) is 30.2. The largest absolute Gasteiger partial charge is 0.386 e. The molecule has 4 unspecified atom stereocenters. The number of hydrogen-bond donors (Lipinski definition) is 2. The molecule has 25 heavy (non-hydrogen) atoms. The Morgan fingerprint density at radius 3 is 2.76 bits per heavy atom. The Bertz CT molecular complexity index is 754. The average molecular weight is 398 g/mol. The number of anilines is 1. The zero-order chi connectivity index (χ0) is 18.8. The number of ether oxygens (including phenoxy) is 1. The van der Waals surface area contributed by atoms with Gasteiger partial charge < -0.3 is 24.6 Å². The minimum Gasteiger partial charge on any atom is -0.386 e. The fourth-order valence-electron chi connectivity index (χ4n) is 2.32. The number of nitrogens with two attached hydrogens (primary N) is 1. The second-order valence-electron chi connectivity index (χ2n) is 5.25. The van der Waals surface area contributed by atoms with Crippen LogP contribution in [0.3, 0.4) is 0 Å². The summed E-state index contributed by atoms with van der Waals surface area (Å²) in [6.07, 6.45) is -2.93. The van der Waals surface area contributed by atoms with E-state index in [2.05, 4.69) is 4.98 Å². The summed E-state index contributed by atoms with van der Waals surface area (Å²) in [5, 5.41) is 10.3. The Labute approximate surface area is 147 Å². The predicted octanol–water partition coefficient (Wildman–Crippen LogP) is 1.03. The molecule has 3 N–H and O–H groups in total. The summed E-state index contributed by atoms with van der Waals surface area (Å²) in [7, 11) is -1.27. The molecule has 9 nitrogen and oxygen atoms in total. The van der Waals surface area contributed by atoms with Crippen molar-refractivity contribution in [2.75, 3.05) is 25.8 Å². The minimum atomic E-state index is -3.59. The van der Waals surface area contributed by atoms with Gasteiger partial charge in [0.05, 0.1) is 5.88 Å². The summed E-state index contributed by atoms with van der Waals surface area (Å²) in [4.78, 5) is 15.4. The first-order valence-corrected chi connectivity index (χ1v) is 9.19. The van der Waals surface area contributed by atoms with Gasteiger partial charge in [-0.25, -0.2) is 9.18 Å². The van der Waals surface area contributed by atoms with Gasteiger partial charge in [0.1, 0.15) is 17.5 Å². The molecule has 2 rings (SSSR count). The Morgan fingerprint density at radius 2 is 2.24 bits per heavy atom. The summed E-state index contributed by atoms with van der Waals surface area (Å²) in [6, 6.07) is 1.28. The fourth-order valence-corrected chi connectivity index (χ4v) is 3.46. The van der Waals surface area contributed by atoms with E-state index >= 15 is 0 Å². The van der Waals surface area contributed by atoms with Crippen LogP contribution in [0, 0.1) is 0 Å². The van der Waals surface area contributed by atoms with Gasteiger partial charge in [0.25, 0.3) is 0 Å². The number of aromatic nitrogens is 2. The van der Waals surface area contributed by atoms with Crippen molar-refractivity contribution < 1.29 is 27.8 Å².